The summed E-state index contributed by atoms with van der Waals surface area (Å²) in [5.74, 6) is -0.106. The summed E-state index contributed by atoms with van der Waals surface area (Å²) in [5.41, 5.74) is 1.20. The van der Waals surface area contributed by atoms with E-state index >= 15 is 0 Å². The lowest BCUT2D eigenvalue weighted by Gasteiger charge is -2.21. The molecular weight excluding hydrogens is 665 g/mol. The van der Waals surface area contributed by atoms with Crippen molar-refractivity contribution >= 4 is 35.5 Å². The summed E-state index contributed by atoms with van der Waals surface area (Å²) in [7, 11) is 1.56. The monoisotopic (exact) mass is 751 g/mol. The van der Waals surface area contributed by atoms with E-state index in [-0.39, 0.29) is 104 Å². The van der Waals surface area contributed by atoms with Gasteiger partial charge in [0.05, 0.1) is 25.4 Å². The number of rotatable bonds is 23. The van der Waals surface area contributed by atoms with E-state index in [1.165, 1.54) is 12.5 Å². The fourth-order valence-electron chi connectivity index (χ4n) is 4.14. The smallest absolute Gasteiger partial charge is 0.309 e. The van der Waals surface area contributed by atoms with Crippen LogP contribution in [0.4, 0.5) is 0 Å². The van der Waals surface area contributed by atoms with Gasteiger partial charge < -0.3 is 18.9 Å². The van der Waals surface area contributed by atoms with E-state index in [1.807, 2.05) is 37.3 Å². The van der Waals surface area contributed by atoms with E-state index in [0.717, 1.165) is 31.4 Å². The Labute approximate surface area is 322 Å². The average molecular weight is 751 g/mol. The van der Waals surface area contributed by atoms with Crippen molar-refractivity contribution < 1.29 is 38.1 Å². The van der Waals surface area contributed by atoms with E-state index in [1.54, 1.807) is 25.8 Å². The molecule has 0 aromatic heterocycles. The Bertz CT molecular complexity index is 951. The van der Waals surface area contributed by atoms with Crippen molar-refractivity contribution in [2.75, 3.05) is 12.9 Å². The predicted octanol–water partition coefficient (Wildman–Crippen LogP) is 12.5. The maximum atomic E-state index is 12.7. The zero-order chi connectivity index (χ0) is 31.2. The molecule has 1 rings (SSSR count). The molecule has 0 heterocycles. The molecule has 0 bridgehead atoms. The van der Waals surface area contributed by atoms with Crippen LogP contribution in [0.1, 0.15) is 164 Å². The number of benzene rings is 1. The van der Waals surface area contributed by atoms with Crippen molar-refractivity contribution in [2.24, 2.45) is 0 Å². The van der Waals surface area contributed by atoms with Gasteiger partial charge in [-0.05, 0) is 32.3 Å². The number of unbranched alkanes of at least 4 members (excludes halogenated alkanes) is 2. The molecule has 0 aliphatic heterocycles. The minimum absolute atomic E-state index is 0. The normalized spacial score (nSPS) is 11.6. The first-order valence-corrected chi connectivity index (χ1v) is 16.2. The van der Waals surface area contributed by atoms with Crippen LogP contribution in [0, 0.1) is 0 Å². The third-order valence-electron chi connectivity index (χ3n) is 6.34. The number of hydrogen-bond acceptors (Lipinski definition) is 9. The second-order valence-electron chi connectivity index (χ2n) is 10.5. The van der Waals surface area contributed by atoms with Gasteiger partial charge in [-0.2, -0.15) is 11.8 Å². The third kappa shape index (κ3) is 36.9. The minimum Gasteiger partial charge on any atom is -0.462 e. The fourth-order valence-corrected chi connectivity index (χ4v) is 5.20. The molecule has 1 aromatic rings. The van der Waals surface area contributed by atoms with Crippen LogP contribution in [0.25, 0.3) is 0 Å². The molecule has 4 unspecified atom stereocenters. The summed E-state index contributed by atoms with van der Waals surface area (Å²) >= 11 is 1.68. The molecule has 0 radical (unpaired) electrons. The Morgan fingerprint density at radius 1 is 0.686 bits per heavy atom. The molecule has 0 saturated heterocycles. The van der Waals surface area contributed by atoms with Crippen LogP contribution in [0.5, 0.6) is 0 Å². The summed E-state index contributed by atoms with van der Waals surface area (Å²) in [5, 5.41) is 0. The Morgan fingerprint density at radius 2 is 1.22 bits per heavy atom. The zero-order valence-corrected chi connectivity index (χ0v) is 26.8. The van der Waals surface area contributed by atoms with Crippen LogP contribution >= 0.6 is 11.8 Å². The molecule has 4 atom stereocenters. The molecule has 51 heavy (non-hydrogen) atoms. The van der Waals surface area contributed by atoms with Crippen molar-refractivity contribution in [3.05, 3.63) is 48.0 Å². The van der Waals surface area contributed by atoms with E-state index < -0.39 is 36.2 Å². The molecule has 0 fully saturated rings. The summed E-state index contributed by atoms with van der Waals surface area (Å²) in [4.78, 5) is 49.5. The maximum absolute atomic E-state index is 12.7. The predicted molar refractivity (Wildman–Crippen MR) is 227 cm³/mol. The summed E-state index contributed by atoms with van der Waals surface area (Å²) in [6.45, 7) is 7.19. The Hall–Kier alpha value is -2.65. The van der Waals surface area contributed by atoms with Gasteiger partial charge in [-0.3, -0.25) is 19.2 Å². The molecule has 1 aromatic carbocycles. The van der Waals surface area contributed by atoms with Gasteiger partial charge >= 0.3 is 17.9 Å². The lowest BCUT2D eigenvalue weighted by atomic mass is 10.1. The quantitative estimate of drug-likeness (QED) is 0.0614. The van der Waals surface area contributed by atoms with Crippen LogP contribution in [0.2, 0.25) is 0 Å². The number of Topliss-reactive ketones (excluding diaryl/α,β-unsaturated/α-hetero) is 1. The van der Waals surface area contributed by atoms with Crippen molar-refractivity contribution in [1.29, 1.82) is 0 Å². The van der Waals surface area contributed by atoms with Gasteiger partial charge in [-0.1, -0.05) is 142 Å². The van der Waals surface area contributed by atoms with Crippen LogP contribution in [-0.2, 0) is 43.9 Å². The van der Waals surface area contributed by atoms with Crippen LogP contribution in [0.15, 0.2) is 42.5 Å². The molecule has 0 aliphatic rings. The van der Waals surface area contributed by atoms with E-state index in [4.69, 9.17) is 18.9 Å². The summed E-state index contributed by atoms with van der Waals surface area (Å²) in [6.07, 6.45) is 6.31. The Balaban J connectivity index is -0.000000280. The minimum atomic E-state index is -0.687. The number of hydrogen-bond donors (Lipinski definition) is 0. The topological polar surface area (TPSA) is 105 Å². The number of allylic oxidation sites excluding steroid dienone is 1. The van der Waals surface area contributed by atoms with E-state index in [9.17, 15) is 19.2 Å². The number of carbonyl (C=O) groups is 4. The Kier molecular flexibility index (Phi) is 59.7. The first-order chi connectivity index (χ1) is 20.2. The molecule has 0 spiro atoms. The highest BCUT2D eigenvalue weighted by molar-refractivity contribution is 7.98. The van der Waals surface area contributed by atoms with Crippen LogP contribution < -0.4 is 0 Å². The van der Waals surface area contributed by atoms with Gasteiger partial charge in [0.1, 0.15) is 24.1 Å². The molecule has 9 heteroatoms. The molecule has 0 amide bonds. The molecule has 8 nitrogen and oxygen atoms in total. The first kappa shape index (κ1) is 70.0. The highest BCUT2D eigenvalue weighted by Gasteiger charge is 2.24. The van der Waals surface area contributed by atoms with Gasteiger partial charge in [-0.25, -0.2) is 0 Å². The molecule has 0 N–H and O–H groups in total. The molecular formula is C42H86O8S. The van der Waals surface area contributed by atoms with Crippen molar-refractivity contribution in [1.82, 2.24) is 0 Å². The maximum Gasteiger partial charge on any atom is 0.309 e. The number of methoxy groups -OCH3 is 1. The number of esters is 3. The van der Waals surface area contributed by atoms with Crippen molar-refractivity contribution in [3.8, 4) is 0 Å². The van der Waals surface area contributed by atoms with Crippen LogP contribution in [-0.4, -0.2) is 61.0 Å². The first-order valence-electron chi connectivity index (χ1n) is 15.0. The van der Waals surface area contributed by atoms with E-state index in [0.29, 0.717) is 18.6 Å². The summed E-state index contributed by atoms with van der Waals surface area (Å²) < 4.78 is 22.1. The highest BCUT2D eigenvalue weighted by Crippen LogP contribution is 2.18. The van der Waals surface area contributed by atoms with Gasteiger partial charge in [0.2, 0.25) is 0 Å². The molecule has 308 valence electrons. The fraction of sp³-hybridized carbons (Fsp3) is 0.714. The van der Waals surface area contributed by atoms with Gasteiger partial charge in [0, 0.05) is 31.5 Å². The lowest BCUT2D eigenvalue weighted by Crippen LogP contribution is -2.29. The molecule has 0 saturated carbocycles. The van der Waals surface area contributed by atoms with Gasteiger partial charge in [0.25, 0.3) is 0 Å². The average Bonchev–Trinajstić information content (AvgIpc) is 2.93. The zero-order valence-electron chi connectivity index (χ0n) is 26.0. The Morgan fingerprint density at radius 3 is 1.75 bits per heavy atom. The van der Waals surface area contributed by atoms with Crippen molar-refractivity contribution in [3.63, 3.8) is 0 Å². The van der Waals surface area contributed by atoms with Crippen LogP contribution in [0.3, 0.4) is 0 Å². The number of thioether (sulfide) groups is 1. The molecule has 0 aliphatic carbocycles. The number of carbonyl (C=O) groups excluding carboxylic acids is 4. The summed E-state index contributed by atoms with van der Waals surface area (Å²) in [6, 6.07) is 10.1. The van der Waals surface area contributed by atoms with Crippen molar-refractivity contribution in [2.45, 2.75) is 189 Å². The lowest BCUT2D eigenvalue weighted by molar-refractivity contribution is -0.161. The largest absolute Gasteiger partial charge is 0.462 e. The SMILES string of the molecule is C.C.C.C.C.C.C.C.C.CCCC=CCC(CC(C)=O)OC(=O)CC(CCCC)OC(=O)CC(C)OC(=O)CC(CSCc1ccccc1)OC. The third-order valence-corrected chi connectivity index (χ3v) is 7.48. The second kappa shape index (κ2) is 43.5. The van der Waals surface area contributed by atoms with Gasteiger partial charge in [-0.15, -0.1) is 0 Å². The number of ketones is 1. The van der Waals surface area contributed by atoms with Gasteiger partial charge in [0.15, 0.2) is 0 Å². The van der Waals surface area contributed by atoms with E-state index in [2.05, 4.69) is 19.1 Å². The highest BCUT2D eigenvalue weighted by atomic mass is 32.2. The number of ether oxygens (including phenoxy) is 4. The second-order valence-corrected chi connectivity index (χ2v) is 11.6. The standard InChI is InChI=1S/C33H50O8S.9CH4/c1-6-8-10-14-18-28(19-25(3)34)40-33(37)21-29(17-9-7-2)41-31(35)20-26(4)39-32(36)22-30(38-5)24-42-23-27-15-12-11-13-16-27;;;;;;;;;/h10-16,26,28-30H,6-9,17-24H2,1-5H3;9*1H4.